The summed E-state index contributed by atoms with van der Waals surface area (Å²) >= 11 is 1.69. The molecule has 4 aliphatic heterocycles. The molecule has 5 heterocycles. The van der Waals surface area contributed by atoms with Gasteiger partial charge in [-0.15, -0.1) is 11.3 Å². The summed E-state index contributed by atoms with van der Waals surface area (Å²) in [5, 5.41) is 5.61. The van der Waals surface area contributed by atoms with E-state index in [-0.39, 0.29) is 0 Å². The van der Waals surface area contributed by atoms with Crippen molar-refractivity contribution < 1.29 is 14.3 Å². The largest absolute Gasteiger partial charge is 0.497 e. The summed E-state index contributed by atoms with van der Waals surface area (Å²) in [6.07, 6.45) is 3.26. The monoisotopic (exact) mass is 478 g/mol. The highest BCUT2D eigenvalue weighted by Gasteiger charge is 2.57. The Balaban J connectivity index is 1.42. The molecule has 0 aliphatic carbocycles. The van der Waals surface area contributed by atoms with Crippen LogP contribution in [0.1, 0.15) is 35.9 Å². The fourth-order valence-corrected chi connectivity index (χ4v) is 6.62. The van der Waals surface area contributed by atoms with E-state index >= 15 is 0 Å². The minimum atomic E-state index is -0.469. The fraction of sp³-hybridized carbons (Fsp3) is 0.462. The molecule has 2 bridgehead atoms. The first-order valence-electron chi connectivity index (χ1n) is 12.0. The molecular weight excluding hydrogens is 448 g/mol. The van der Waals surface area contributed by atoms with E-state index < -0.39 is 5.72 Å². The van der Waals surface area contributed by atoms with Gasteiger partial charge in [-0.1, -0.05) is 18.1 Å². The predicted molar refractivity (Wildman–Crippen MR) is 134 cm³/mol. The summed E-state index contributed by atoms with van der Waals surface area (Å²) in [7, 11) is 3.38. The molecule has 3 fully saturated rings. The SMILES string of the molecule is CCc1ccc2nc(C3=NOC4(CN5CCC4CC5)N3Cc3ccc(OC)cc3OC)sc2c1. The second-order valence-electron chi connectivity index (χ2n) is 9.34. The van der Waals surface area contributed by atoms with Crippen molar-refractivity contribution in [2.24, 2.45) is 11.1 Å². The highest BCUT2D eigenvalue weighted by molar-refractivity contribution is 7.20. The van der Waals surface area contributed by atoms with Crippen molar-refractivity contribution in [3.05, 3.63) is 52.5 Å². The number of nitrogens with zero attached hydrogens (tertiary/aromatic N) is 4. The molecule has 3 aromatic rings. The number of oxime groups is 1. The Morgan fingerprint density at radius 3 is 2.68 bits per heavy atom. The molecule has 7 nitrogen and oxygen atoms in total. The van der Waals surface area contributed by atoms with Gasteiger partial charge in [-0.05, 0) is 62.2 Å². The highest BCUT2D eigenvalue weighted by Crippen LogP contribution is 2.46. The first-order valence-corrected chi connectivity index (χ1v) is 12.8. The second kappa shape index (κ2) is 8.43. The zero-order valence-corrected chi connectivity index (χ0v) is 20.7. The Kier molecular flexibility index (Phi) is 5.37. The molecule has 178 valence electrons. The Morgan fingerprint density at radius 1 is 1.12 bits per heavy atom. The number of hydrogen-bond acceptors (Lipinski definition) is 8. The van der Waals surface area contributed by atoms with Crippen LogP contribution in [0.3, 0.4) is 0 Å². The van der Waals surface area contributed by atoms with Crippen LogP contribution < -0.4 is 9.47 Å². The van der Waals surface area contributed by atoms with E-state index in [4.69, 9.17) is 24.5 Å². The van der Waals surface area contributed by atoms with Crippen molar-refractivity contribution >= 4 is 27.4 Å². The van der Waals surface area contributed by atoms with Gasteiger partial charge in [0.15, 0.2) is 5.01 Å². The van der Waals surface area contributed by atoms with Crippen molar-refractivity contribution in [2.45, 2.75) is 38.5 Å². The Morgan fingerprint density at radius 2 is 1.97 bits per heavy atom. The van der Waals surface area contributed by atoms with Crippen molar-refractivity contribution in [3.8, 4) is 11.5 Å². The Bertz CT molecular complexity index is 1250. The van der Waals surface area contributed by atoms with Crippen molar-refractivity contribution in [1.29, 1.82) is 0 Å². The predicted octanol–water partition coefficient (Wildman–Crippen LogP) is 4.49. The molecule has 4 aliphatic rings. The van der Waals surface area contributed by atoms with E-state index in [2.05, 4.69) is 41.0 Å². The molecule has 0 radical (unpaired) electrons. The van der Waals surface area contributed by atoms with Crippen LogP contribution in [0.5, 0.6) is 11.5 Å². The molecule has 0 saturated carbocycles. The number of rotatable bonds is 6. The van der Waals surface area contributed by atoms with Crippen LogP contribution in [0.25, 0.3) is 10.2 Å². The van der Waals surface area contributed by atoms with E-state index in [1.54, 1.807) is 25.6 Å². The van der Waals surface area contributed by atoms with Gasteiger partial charge in [0, 0.05) is 17.5 Å². The third-order valence-corrected chi connectivity index (χ3v) is 8.57. The average molecular weight is 479 g/mol. The van der Waals surface area contributed by atoms with E-state index in [0.717, 1.165) is 72.3 Å². The quantitative estimate of drug-likeness (QED) is 0.520. The van der Waals surface area contributed by atoms with Crippen LogP contribution in [-0.4, -0.2) is 60.2 Å². The summed E-state index contributed by atoms with van der Waals surface area (Å²) in [4.78, 5) is 16.2. The van der Waals surface area contributed by atoms with Crippen molar-refractivity contribution in [1.82, 2.24) is 14.8 Å². The molecule has 0 amide bonds. The fourth-order valence-electron chi connectivity index (χ4n) is 5.60. The standard InChI is InChI=1S/C26H30N4O3S/c1-4-17-5-8-21-23(13-17)34-25(27-21)24-28-33-26(16-29-11-9-19(26)10-12-29)30(24)15-18-6-7-20(31-2)14-22(18)32-3/h5-8,13-14,19H,4,9-12,15-16H2,1-3H3. The van der Waals surface area contributed by atoms with Gasteiger partial charge >= 0.3 is 0 Å². The maximum absolute atomic E-state index is 6.40. The van der Waals surface area contributed by atoms with Crippen LogP contribution in [0.4, 0.5) is 0 Å². The van der Waals surface area contributed by atoms with Crippen molar-refractivity contribution in [3.63, 3.8) is 0 Å². The van der Waals surface area contributed by atoms with Crippen LogP contribution in [0.15, 0.2) is 41.6 Å². The molecular formula is C26H30N4O3S. The summed E-state index contributed by atoms with van der Waals surface area (Å²) in [6, 6.07) is 12.5. The van der Waals surface area contributed by atoms with Gasteiger partial charge in [0.2, 0.25) is 11.6 Å². The van der Waals surface area contributed by atoms with Crippen LogP contribution in [0, 0.1) is 5.92 Å². The van der Waals surface area contributed by atoms with E-state index in [1.807, 2.05) is 12.1 Å². The topological polar surface area (TPSA) is 59.4 Å². The number of hydrogen-bond donors (Lipinski definition) is 0. The minimum absolute atomic E-state index is 0.434. The van der Waals surface area contributed by atoms with Gasteiger partial charge in [-0.2, -0.15) is 0 Å². The van der Waals surface area contributed by atoms with Gasteiger partial charge in [0.25, 0.3) is 0 Å². The third-order valence-electron chi connectivity index (χ3n) is 7.55. The van der Waals surface area contributed by atoms with Crippen molar-refractivity contribution in [2.75, 3.05) is 33.9 Å². The van der Waals surface area contributed by atoms with Gasteiger partial charge in [-0.3, -0.25) is 4.90 Å². The average Bonchev–Trinajstić information content (AvgIpc) is 3.46. The zero-order chi connectivity index (χ0) is 23.3. The third kappa shape index (κ3) is 3.43. The molecule has 1 spiro atoms. The molecule has 0 N–H and O–H groups in total. The smallest absolute Gasteiger partial charge is 0.227 e. The number of piperidine rings is 3. The van der Waals surface area contributed by atoms with E-state index in [1.165, 1.54) is 10.3 Å². The second-order valence-corrected chi connectivity index (χ2v) is 10.4. The van der Waals surface area contributed by atoms with Crippen LogP contribution >= 0.6 is 11.3 Å². The number of aromatic nitrogens is 1. The van der Waals surface area contributed by atoms with E-state index in [9.17, 15) is 0 Å². The van der Waals surface area contributed by atoms with E-state index in [0.29, 0.717) is 12.5 Å². The first kappa shape index (κ1) is 21.7. The van der Waals surface area contributed by atoms with Crippen LogP contribution in [0.2, 0.25) is 0 Å². The van der Waals surface area contributed by atoms with Gasteiger partial charge < -0.3 is 19.2 Å². The number of amidine groups is 1. The maximum atomic E-state index is 6.40. The first-order chi connectivity index (χ1) is 16.6. The number of fused-ring (bicyclic) bond motifs is 3. The Labute approximate surface area is 203 Å². The molecule has 1 aromatic heterocycles. The maximum Gasteiger partial charge on any atom is 0.227 e. The molecule has 34 heavy (non-hydrogen) atoms. The van der Waals surface area contributed by atoms with Gasteiger partial charge in [0.1, 0.15) is 11.5 Å². The molecule has 2 aromatic carbocycles. The number of aryl methyl sites for hydroxylation is 1. The summed E-state index contributed by atoms with van der Waals surface area (Å²) in [5.41, 5.74) is 2.94. The summed E-state index contributed by atoms with van der Waals surface area (Å²) in [5.74, 6) is 2.84. The summed E-state index contributed by atoms with van der Waals surface area (Å²) in [6.45, 7) is 5.93. The molecule has 1 atom stereocenters. The molecule has 7 rings (SSSR count). The van der Waals surface area contributed by atoms with Crippen LogP contribution in [-0.2, 0) is 17.8 Å². The minimum Gasteiger partial charge on any atom is -0.497 e. The van der Waals surface area contributed by atoms with Gasteiger partial charge in [-0.25, -0.2) is 4.98 Å². The normalized spacial score (nSPS) is 25.6. The zero-order valence-electron chi connectivity index (χ0n) is 19.9. The number of benzene rings is 2. The molecule has 8 heteroatoms. The highest BCUT2D eigenvalue weighted by atomic mass is 32.1. The lowest BCUT2D eigenvalue weighted by atomic mass is 9.79. The lowest BCUT2D eigenvalue weighted by Gasteiger charge is -2.53. The molecule has 1 unspecified atom stereocenters. The summed E-state index contributed by atoms with van der Waals surface area (Å²) < 4.78 is 12.3. The number of ether oxygens (including phenoxy) is 2. The lowest BCUT2D eigenvalue weighted by Crippen LogP contribution is -2.66. The number of thiazole rings is 1. The number of methoxy groups -OCH3 is 2. The lowest BCUT2D eigenvalue weighted by molar-refractivity contribution is -0.198. The molecule has 3 saturated heterocycles. The Hall–Kier alpha value is -2.84. The van der Waals surface area contributed by atoms with Gasteiger partial charge in [0.05, 0.1) is 37.5 Å².